The Morgan fingerprint density at radius 2 is 1.68 bits per heavy atom. The van der Waals surface area contributed by atoms with Crippen LogP contribution in [-0.2, 0) is 13.1 Å². The Labute approximate surface area is 131 Å². The van der Waals surface area contributed by atoms with Gasteiger partial charge in [0, 0.05) is 18.7 Å². The molecule has 0 amide bonds. The third-order valence-corrected chi connectivity index (χ3v) is 3.65. The molecule has 0 aliphatic heterocycles. The van der Waals surface area contributed by atoms with E-state index in [-0.39, 0.29) is 0 Å². The van der Waals surface area contributed by atoms with Gasteiger partial charge < -0.3 is 4.42 Å². The number of rotatable bonds is 5. The van der Waals surface area contributed by atoms with Crippen molar-refractivity contribution in [1.29, 1.82) is 0 Å². The van der Waals surface area contributed by atoms with Crippen molar-refractivity contribution in [3.63, 3.8) is 0 Å². The summed E-state index contributed by atoms with van der Waals surface area (Å²) in [7, 11) is 2.09. The highest BCUT2D eigenvalue weighted by molar-refractivity contribution is 5.58. The Morgan fingerprint density at radius 3 is 2.45 bits per heavy atom. The van der Waals surface area contributed by atoms with Crippen LogP contribution in [0.2, 0.25) is 0 Å². The lowest BCUT2D eigenvalue weighted by Gasteiger charge is -2.14. The number of aromatic nitrogens is 1. The summed E-state index contributed by atoms with van der Waals surface area (Å²) in [4.78, 5) is 6.85. The Balaban J connectivity index is 1.68. The Bertz CT molecular complexity index is 734. The van der Waals surface area contributed by atoms with Crippen LogP contribution in [0.3, 0.4) is 0 Å². The molecule has 0 saturated carbocycles. The molecule has 2 aromatic carbocycles. The second kappa shape index (κ2) is 6.58. The van der Waals surface area contributed by atoms with Crippen molar-refractivity contribution in [2.75, 3.05) is 7.05 Å². The summed E-state index contributed by atoms with van der Waals surface area (Å²) in [5.41, 5.74) is 4.48. The predicted molar refractivity (Wildman–Crippen MR) is 88.3 cm³/mol. The van der Waals surface area contributed by atoms with E-state index < -0.39 is 0 Å². The van der Waals surface area contributed by atoms with Gasteiger partial charge in [0.1, 0.15) is 6.26 Å². The lowest BCUT2D eigenvalue weighted by Crippen LogP contribution is -2.17. The maximum atomic E-state index is 5.64. The van der Waals surface area contributed by atoms with Gasteiger partial charge in [-0.3, -0.25) is 4.90 Å². The monoisotopic (exact) mass is 292 g/mol. The summed E-state index contributed by atoms with van der Waals surface area (Å²) < 4.78 is 5.64. The average molecular weight is 292 g/mol. The fourth-order valence-electron chi connectivity index (χ4n) is 2.54. The van der Waals surface area contributed by atoms with Crippen LogP contribution in [0.15, 0.2) is 65.3 Å². The second-order valence-electron chi connectivity index (χ2n) is 5.62. The van der Waals surface area contributed by atoms with Crippen LogP contribution in [0.5, 0.6) is 0 Å². The van der Waals surface area contributed by atoms with Gasteiger partial charge in [-0.1, -0.05) is 48.5 Å². The largest absolute Gasteiger partial charge is 0.444 e. The van der Waals surface area contributed by atoms with Crippen molar-refractivity contribution in [3.05, 3.63) is 77.7 Å². The first-order valence-corrected chi connectivity index (χ1v) is 7.45. The van der Waals surface area contributed by atoms with Crippen molar-refractivity contribution in [3.8, 4) is 11.5 Å². The molecular formula is C19H20N2O. The minimum Gasteiger partial charge on any atom is -0.444 e. The van der Waals surface area contributed by atoms with Crippen LogP contribution in [0, 0.1) is 6.92 Å². The topological polar surface area (TPSA) is 29.3 Å². The molecule has 3 aromatic rings. The molecule has 0 fully saturated rings. The van der Waals surface area contributed by atoms with Gasteiger partial charge in [-0.2, -0.15) is 0 Å². The summed E-state index contributed by atoms with van der Waals surface area (Å²) >= 11 is 0. The maximum absolute atomic E-state index is 5.64. The van der Waals surface area contributed by atoms with Gasteiger partial charge in [0.05, 0.1) is 5.69 Å². The SMILES string of the molecule is Cc1ccccc1-c1nc(CN(C)Cc2ccccc2)co1. The minimum absolute atomic E-state index is 0.696. The molecule has 22 heavy (non-hydrogen) atoms. The predicted octanol–water partition coefficient (Wildman–Crippen LogP) is 4.28. The van der Waals surface area contributed by atoms with Crippen LogP contribution in [-0.4, -0.2) is 16.9 Å². The standard InChI is InChI=1S/C19H20N2O/c1-15-8-6-7-11-18(15)19-20-17(14-22-19)13-21(2)12-16-9-4-3-5-10-16/h3-11,14H,12-13H2,1-2H3. The smallest absolute Gasteiger partial charge is 0.226 e. The molecule has 0 spiro atoms. The van der Waals surface area contributed by atoms with Crippen molar-refractivity contribution < 1.29 is 4.42 Å². The molecule has 3 nitrogen and oxygen atoms in total. The van der Waals surface area contributed by atoms with Gasteiger partial charge in [-0.05, 0) is 31.2 Å². The first-order chi connectivity index (χ1) is 10.7. The van der Waals surface area contributed by atoms with E-state index >= 15 is 0 Å². The summed E-state index contributed by atoms with van der Waals surface area (Å²) in [6.45, 7) is 3.73. The van der Waals surface area contributed by atoms with Crippen molar-refractivity contribution in [2.45, 2.75) is 20.0 Å². The normalized spacial score (nSPS) is 11.0. The van der Waals surface area contributed by atoms with E-state index in [0.29, 0.717) is 5.89 Å². The molecule has 0 atom stereocenters. The van der Waals surface area contributed by atoms with Crippen LogP contribution in [0.1, 0.15) is 16.8 Å². The minimum atomic E-state index is 0.696. The summed E-state index contributed by atoms with van der Waals surface area (Å²) in [6, 6.07) is 18.6. The highest BCUT2D eigenvalue weighted by Crippen LogP contribution is 2.22. The van der Waals surface area contributed by atoms with E-state index in [1.54, 1.807) is 6.26 Å². The van der Waals surface area contributed by atoms with Crippen LogP contribution >= 0.6 is 0 Å². The molecule has 3 rings (SSSR count). The highest BCUT2D eigenvalue weighted by Gasteiger charge is 2.10. The average Bonchev–Trinajstić information content (AvgIpc) is 2.97. The molecule has 0 aliphatic carbocycles. The fraction of sp³-hybridized carbons (Fsp3) is 0.211. The molecule has 1 heterocycles. The fourth-order valence-corrected chi connectivity index (χ4v) is 2.54. The Morgan fingerprint density at radius 1 is 0.955 bits per heavy atom. The maximum Gasteiger partial charge on any atom is 0.226 e. The molecular weight excluding hydrogens is 272 g/mol. The molecule has 0 saturated heterocycles. The van der Waals surface area contributed by atoms with E-state index in [2.05, 4.69) is 54.2 Å². The van der Waals surface area contributed by atoms with Crippen molar-refractivity contribution >= 4 is 0 Å². The van der Waals surface area contributed by atoms with E-state index in [4.69, 9.17) is 4.42 Å². The zero-order chi connectivity index (χ0) is 15.4. The van der Waals surface area contributed by atoms with Crippen LogP contribution in [0.25, 0.3) is 11.5 Å². The van der Waals surface area contributed by atoms with Crippen molar-refractivity contribution in [1.82, 2.24) is 9.88 Å². The summed E-state index contributed by atoms with van der Waals surface area (Å²) in [5, 5.41) is 0. The summed E-state index contributed by atoms with van der Waals surface area (Å²) in [6.07, 6.45) is 1.75. The lowest BCUT2D eigenvalue weighted by atomic mass is 10.1. The zero-order valence-corrected chi connectivity index (χ0v) is 13.0. The van der Waals surface area contributed by atoms with Gasteiger partial charge >= 0.3 is 0 Å². The van der Waals surface area contributed by atoms with Crippen molar-refractivity contribution in [2.24, 2.45) is 0 Å². The third kappa shape index (κ3) is 3.43. The number of hydrogen-bond donors (Lipinski definition) is 0. The zero-order valence-electron chi connectivity index (χ0n) is 13.0. The van der Waals surface area contributed by atoms with Gasteiger partial charge in [-0.25, -0.2) is 4.98 Å². The molecule has 0 bridgehead atoms. The Hall–Kier alpha value is -2.39. The van der Waals surface area contributed by atoms with Crippen LogP contribution in [0.4, 0.5) is 0 Å². The quantitative estimate of drug-likeness (QED) is 0.703. The van der Waals surface area contributed by atoms with Gasteiger partial charge in [-0.15, -0.1) is 0 Å². The van der Waals surface area contributed by atoms with Gasteiger partial charge in [0.15, 0.2) is 0 Å². The molecule has 0 N–H and O–H groups in total. The highest BCUT2D eigenvalue weighted by atomic mass is 16.3. The van der Waals surface area contributed by atoms with E-state index in [1.807, 2.05) is 24.3 Å². The number of hydrogen-bond acceptors (Lipinski definition) is 3. The first kappa shape index (κ1) is 14.5. The lowest BCUT2D eigenvalue weighted by molar-refractivity contribution is 0.315. The Kier molecular flexibility index (Phi) is 4.35. The number of benzene rings is 2. The van der Waals surface area contributed by atoms with E-state index in [0.717, 1.165) is 24.3 Å². The molecule has 112 valence electrons. The summed E-state index contributed by atoms with van der Waals surface area (Å²) in [5.74, 6) is 0.696. The molecule has 1 aromatic heterocycles. The van der Waals surface area contributed by atoms with Gasteiger partial charge in [0.25, 0.3) is 0 Å². The van der Waals surface area contributed by atoms with E-state index in [9.17, 15) is 0 Å². The molecule has 0 radical (unpaired) electrons. The molecule has 0 unspecified atom stereocenters. The number of oxazole rings is 1. The third-order valence-electron chi connectivity index (χ3n) is 3.65. The van der Waals surface area contributed by atoms with Gasteiger partial charge in [0.2, 0.25) is 5.89 Å². The van der Waals surface area contributed by atoms with Crippen LogP contribution < -0.4 is 0 Å². The first-order valence-electron chi connectivity index (χ1n) is 7.45. The number of aryl methyl sites for hydroxylation is 1. The molecule has 3 heteroatoms. The number of nitrogens with zero attached hydrogens (tertiary/aromatic N) is 2. The van der Waals surface area contributed by atoms with E-state index in [1.165, 1.54) is 11.1 Å². The second-order valence-corrected chi connectivity index (χ2v) is 5.62. The molecule has 0 aliphatic rings.